The summed E-state index contributed by atoms with van der Waals surface area (Å²) < 4.78 is 11.0. The molecule has 0 spiro atoms. The van der Waals surface area contributed by atoms with Crippen molar-refractivity contribution in [1.29, 1.82) is 0 Å². The quantitative estimate of drug-likeness (QED) is 0.543. The van der Waals surface area contributed by atoms with E-state index in [0.29, 0.717) is 6.61 Å². The summed E-state index contributed by atoms with van der Waals surface area (Å²) in [5.41, 5.74) is 1.18. The Labute approximate surface area is 139 Å². The van der Waals surface area contributed by atoms with Crippen LogP contribution in [0.2, 0.25) is 0 Å². The Hall–Kier alpha value is -1.55. The zero-order valence-electron chi connectivity index (χ0n) is 14.4. The van der Waals surface area contributed by atoms with Crippen molar-refractivity contribution < 1.29 is 14.3 Å². The molecule has 1 aromatic rings. The lowest BCUT2D eigenvalue weighted by Gasteiger charge is -2.31. The number of benzene rings is 1. The summed E-state index contributed by atoms with van der Waals surface area (Å²) in [5.74, 6) is 1.01. The van der Waals surface area contributed by atoms with Crippen molar-refractivity contribution in [3.05, 3.63) is 29.8 Å². The van der Waals surface area contributed by atoms with Crippen molar-refractivity contribution in [2.45, 2.75) is 39.5 Å². The largest absolute Gasteiger partial charge is 0.493 e. The van der Waals surface area contributed by atoms with Gasteiger partial charge in [0.2, 0.25) is 0 Å². The molecular formula is C19H29NO3. The number of nitrogens with zero attached hydrogens (tertiary/aromatic N) is 1. The number of para-hydroxylation sites is 1. The fraction of sp³-hybridized carbons (Fsp3) is 0.632. The van der Waals surface area contributed by atoms with Gasteiger partial charge in [-0.2, -0.15) is 0 Å². The van der Waals surface area contributed by atoms with Gasteiger partial charge in [-0.15, -0.1) is 0 Å². The number of unbranched alkanes of at least 4 members (excludes halogenated alkanes) is 1. The Bertz CT molecular complexity index is 489. The first-order chi connectivity index (χ1) is 11.2. The number of piperidine rings is 1. The zero-order valence-corrected chi connectivity index (χ0v) is 14.4. The van der Waals surface area contributed by atoms with E-state index in [1.54, 1.807) is 0 Å². The first-order valence-corrected chi connectivity index (χ1v) is 8.78. The molecular weight excluding hydrogens is 290 g/mol. The molecule has 1 saturated heterocycles. The normalized spacial score (nSPS) is 18.6. The van der Waals surface area contributed by atoms with Gasteiger partial charge in [-0.25, -0.2) is 0 Å². The number of ether oxygens (including phenoxy) is 2. The number of hydrogen-bond donors (Lipinski definition) is 0. The van der Waals surface area contributed by atoms with E-state index in [4.69, 9.17) is 9.47 Å². The molecule has 1 aliphatic rings. The van der Waals surface area contributed by atoms with Crippen LogP contribution in [0.1, 0.15) is 38.2 Å². The van der Waals surface area contributed by atoms with Crippen molar-refractivity contribution in [3.63, 3.8) is 0 Å². The number of hydrogen-bond acceptors (Lipinski definition) is 4. The van der Waals surface area contributed by atoms with E-state index >= 15 is 0 Å². The van der Waals surface area contributed by atoms with E-state index in [9.17, 15) is 4.79 Å². The fourth-order valence-corrected chi connectivity index (χ4v) is 3.05. The van der Waals surface area contributed by atoms with Gasteiger partial charge in [0.15, 0.2) is 0 Å². The molecule has 0 N–H and O–H groups in total. The molecule has 1 aliphatic heterocycles. The minimum Gasteiger partial charge on any atom is -0.493 e. The molecule has 0 aliphatic carbocycles. The maximum Gasteiger partial charge on any atom is 0.310 e. The van der Waals surface area contributed by atoms with E-state index in [-0.39, 0.29) is 11.9 Å². The van der Waals surface area contributed by atoms with E-state index in [0.717, 1.165) is 57.7 Å². The molecule has 1 fully saturated rings. The van der Waals surface area contributed by atoms with Gasteiger partial charge >= 0.3 is 5.97 Å². The van der Waals surface area contributed by atoms with Crippen LogP contribution in [-0.4, -0.2) is 43.7 Å². The first-order valence-electron chi connectivity index (χ1n) is 8.78. The Morgan fingerprint density at radius 2 is 2.13 bits per heavy atom. The van der Waals surface area contributed by atoms with Crippen LogP contribution in [-0.2, 0) is 9.53 Å². The molecule has 128 valence electrons. The topological polar surface area (TPSA) is 38.8 Å². The Balaban J connectivity index is 1.62. The SMILES string of the molecule is CCOC(=O)[C@@H]1CCCN(CCCCOc2ccccc2C)C1. The fourth-order valence-electron chi connectivity index (χ4n) is 3.05. The Morgan fingerprint density at radius 1 is 1.30 bits per heavy atom. The molecule has 1 aromatic carbocycles. The van der Waals surface area contributed by atoms with E-state index < -0.39 is 0 Å². The minimum atomic E-state index is -0.0277. The third kappa shape index (κ3) is 5.87. The number of esters is 1. The Morgan fingerprint density at radius 3 is 2.91 bits per heavy atom. The second kappa shape index (κ2) is 9.56. The zero-order chi connectivity index (χ0) is 16.5. The minimum absolute atomic E-state index is 0.0277. The average molecular weight is 319 g/mol. The van der Waals surface area contributed by atoms with Crippen LogP contribution in [0.5, 0.6) is 5.75 Å². The lowest BCUT2D eigenvalue weighted by molar-refractivity contribution is -0.149. The van der Waals surface area contributed by atoms with Crippen LogP contribution < -0.4 is 4.74 Å². The van der Waals surface area contributed by atoms with Crippen molar-refractivity contribution in [3.8, 4) is 5.75 Å². The van der Waals surface area contributed by atoms with Gasteiger partial charge in [-0.1, -0.05) is 18.2 Å². The van der Waals surface area contributed by atoms with Crippen molar-refractivity contribution in [1.82, 2.24) is 4.90 Å². The molecule has 0 radical (unpaired) electrons. The molecule has 0 bridgehead atoms. The number of rotatable bonds is 8. The van der Waals surface area contributed by atoms with Crippen LogP contribution in [0.3, 0.4) is 0 Å². The van der Waals surface area contributed by atoms with Crippen LogP contribution >= 0.6 is 0 Å². The van der Waals surface area contributed by atoms with Crippen LogP contribution in [0.15, 0.2) is 24.3 Å². The highest BCUT2D eigenvalue weighted by Crippen LogP contribution is 2.19. The molecule has 4 heteroatoms. The molecule has 0 aromatic heterocycles. The number of aryl methyl sites for hydroxylation is 1. The van der Waals surface area contributed by atoms with Crippen LogP contribution in [0.25, 0.3) is 0 Å². The predicted octanol–water partition coefficient (Wildman–Crippen LogP) is 3.43. The second-order valence-electron chi connectivity index (χ2n) is 6.21. The molecule has 0 unspecified atom stereocenters. The summed E-state index contributed by atoms with van der Waals surface area (Å²) in [4.78, 5) is 14.2. The van der Waals surface area contributed by atoms with E-state index in [1.807, 2.05) is 25.1 Å². The molecule has 2 rings (SSSR count). The number of carbonyl (C=O) groups excluding carboxylic acids is 1. The van der Waals surface area contributed by atoms with Gasteiger partial charge in [-0.3, -0.25) is 4.79 Å². The molecule has 1 heterocycles. The maximum atomic E-state index is 11.8. The van der Waals surface area contributed by atoms with Crippen LogP contribution in [0.4, 0.5) is 0 Å². The number of carbonyl (C=O) groups is 1. The summed E-state index contributed by atoms with van der Waals surface area (Å²) in [6.45, 7) is 8.14. The van der Waals surface area contributed by atoms with Gasteiger partial charge in [0.05, 0.1) is 19.1 Å². The average Bonchev–Trinajstić information content (AvgIpc) is 2.57. The van der Waals surface area contributed by atoms with Crippen LogP contribution in [0, 0.1) is 12.8 Å². The lowest BCUT2D eigenvalue weighted by atomic mass is 9.98. The molecule has 23 heavy (non-hydrogen) atoms. The summed E-state index contributed by atoms with van der Waals surface area (Å²) in [7, 11) is 0. The van der Waals surface area contributed by atoms with Gasteiger partial charge < -0.3 is 14.4 Å². The number of likely N-dealkylation sites (tertiary alicyclic amines) is 1. The van der Waals surface area contributed by atoms with E-state index in [2.05, 4.69) is 17.9 Å². The summed E-state index contributed by atoms with van der Waals surface area (Å²) in [5, 5.41) is 0. The lowest BCUT2D eigenvalue weighted by Crippen LogP contribution is -2.39. The highest BCUT2D eigenvalue weighted by atomic mass is 16.5. The molecule has 0 amide bonds. The second-order valence-corrected chi connectivity index (χ2v) is 6.21. The summed E-state index contributed by atoms with van der Waals surface area (Å²) >= 11 is 0. The maximum absolute atomic E-state index is 11.8. The Kier molecular flexibility index (Phi) is 7.40. The van der Waals surface area contributed by atoms with Gasteiger partial charge in [0, 0.05) is 6.54 Å². The predicted molar refractivity (Wildman–Crippen MR) is 91.7 cm³/mol. The smallest absolute Gasteiger partial charge is 0.310 e. The van der Waals surface area contributed by atoms with Crippen molar-refractivity contribution >= 4 is 5.97 Å². The van der Waals surface area contributed by atoms with Crippen molar-refractivity contribution in [2.24, 2.45) is 5.92 Å². The molecule has 1 atom stereocenters. The summed E-state index contributed by atoms with van der Waals surface area (Å²) in [6.07, 6.45) is 4.19. The molecule has 0 saturated carbocycles. The highest BCUT2D eigenvalue weighted by molar-refractivity contribution is 5.72. The molecule has 4 nitrogen and oxygen atoms in total. The highest BCUT2D eigenvalue weighted by Gasteiger charge is 2.26. The van der Waals surface area contributed by atoms with Gasteiger partial charge in [-0.05, 0) is 64.3 Å². The van der Waals surface area contributed by atoms with Crippen molar-refractivity contribution in [2.75, 3.05) is 32.8 Å². The first kappa shape index (κ1) is 17.8. The monoisotopic (exact) mass is 319 g/mol. The standard InChI is InChI=1S/C19H29NO3/c1-3-22-19(21)17-10-8-13-20(15-17)12-6-7-14-23-18-11-5-4-9-16(18)2/h4-5,9,11,17H,3,6-8,10,12-15H2,1-2H3/t17-/m1/s1. The van der Waals surface area contributed by atoms with Gasteiger partial charge in [0.1, 0.15) is 5.75 Å². The summed E-state index contributed by atoms with van der Waals surface area (Å²) in [6, 6.07) is 8.12. The van der Waals surface area contributed by atoms with E-state index in [1.165, 1.54) is 5.56 Å². The van der Waals surface area contributed by atoms with Gasteiger partial charge in [0.25, 0.3) is 0 Å². The third-order valence-electron chi connectivity index (χ3n) is 4.35. The third-order valence-corrected chi connectivity index (χ3v) is 4.35.